The molecule has 2 unspecified atom stereocenters. The lowest BCUT2D eigenvalue weighted by molar-refractivity contribution is -0.0288. The summed E-state index contributed by atoms with van der Waals surface area (Å²) in [7, 11) is 4.28. The lowest BCUT2D eigenvalue weighted by Gasteiger charge is -2.36. The van der Waals surface area contributed by atoms with E-state index in [9.17, 15) is 0 Å². The molecule has 1 N–H and O–H groups in total. The SMILES string of the molecule is CNCC1CN(CCC2CCCCN2C)CCO1. The summed E-state index contributed by atoms with van der Waals surface area (Å²) in [5.74, 6) is 0. The molecule has 2 aliphatic heterocycles. The summed E-state index contributed by atoms with van der Waals surface area (Å²) in [6.07, 6.45) is 5.90. The number of rotatable bonds is 5. The van der Waals surface area contributed by atoms with E-state index in [0.29, 0.717) is 6.10 Å². The maximum absolute atomic E-state index is 5.75. The van der Waals surface area contributed by atoms with Crippen molar-refractivity contribution in [3.05, 3.63) is 0 Å². The Bertz CT molecular complexity index is 235. The molecule has 4 nitrogen and oxygen atoms in total. The average Bonchev–Trinajstić information content (AvgIpc) is 2.39. The fraction of sp³-hybridized carbons (Fsp3) is 1.00. The van der Waals surface area contributed by atoms with E-state index in [0.717, 1.165) is 32.3 Å². The van der Waals surface area contributed by atoms with E-state index >= 15 is 0 Å². The number of nitrogens with zero attached hydrogens (tertiary/aromatic N) is 2. The van der Waals surface area contributed by atoms with Gasteiger partial charge in [0.25, 0.3) is 0 Å². The van der Waals surface area contributed by atoms with E-state index in [1.807, 2.05) is 7.05 Å². The lowest BCUT2D eigenvalue weighted by Crippen LogP contribution is -2.47. The van der Waals surface area contributed by atoms with Gasteiger partial charge in [0.05, 0.1) is 12.7 Å². The second kappa shape index (κ2) is 7.43. The first-order chi connectivity index (χ1) is 8.79. The lowest BCUT2D eigenvalue weighted by atomic mass is 10.00. The first-order valence-electron chi connectivity index (χ1n) is 7.48. The molecule has 2 heterocycles. The van der Waals surface area contributed by atoms with Crippen LogP contribution in [0.15, 0.2) is 0 Å². The molecule has 18 heavy (non-hydrogen) atoms. The number of hydrogen-bond acceptors (Lipinski definition) is 4. The largest absolute Gasteiger partial charge is 0.374 e. The van der Waals surface area contributed by atoms with Crippen LogP contribution < -0.4 is 5.32 Å². The number of morpholine rings is 1. The highest BCUT2D eigenvalue weighted by Gasteiger charge is 2.23. The highest BCUT2D eigenvalue weighted by atomic mass is 16.5. The van der Waals surface area contributed by atoms with Crippen molar-refractivity contribution in [1.82, 2.24) is 15.1 Å². The number of likely N-dealkylation sites (N-methyl/N-ethyl adjacent to an activating group) is 1. The van der Waals surface area contributed by atoms with Gasteiger partial charge < -0.3 is 15.0 Å². The van der Waals surface area contributed by atoms with E-state index in [4.69, 9.17) is 4.74 Å². The fourth-order valence-corrected chi connectivity index (χ4v) is 3.18. The second-order valence-corrected chi connectivity index (χ2v) is 5.77. The summed E-state index contributed by atoms with van der Waals surface area (Å²) in [6, 6.07) is 0.810. The van der Waals surface area contributed by atoms with E-state index in [1.165, 1.54) is 38.8 Å². The minimum absolute atomic E-state index is 0.382. The van der Waals surface area contributed by atoms with E-state index in [2.05, 4.69) is 22.2 Å². The molecular weight excluding hydrogens is 226 g/mol. The Labute approximate surface area is 112 Å². The Morgan fingerprint density at radius 1 is 1.28 bits per heavy atom. The Balaban J connectivity index is 1.69. The normalized spacial score (nSPS) is 31.7. The number of hydrogen-bond donors (Lipinski definition) is 1. The molecule has 2 fully saturated rings. The zero-order valence-electron chi connectivity index (χ0n) is 12.0. The number of piperidine rings is 1. The Morgan fingerprint density at radius 2 is 2.17 bits per heavy atom. The van der Waals surface area contributed by atoms with Crippen LogP contribution in [0.3, 0.4) is 0 Å². The molecule has 106 valence electrons. The Hall–Kier alpha value is -0.160. The van der Waals surface area contributed by atoms with Gasteiger partial charge in [-0.1, -0.05) is 6.42 Å². The van der Waals surface area contributed by atoms with Crippen molar-refractivity contribution in [3.63, 3.8) is 0 Å². The van der Waals surface area contributed by atoms with Gasteiger partial charge in [0, 0.05) is 25.7 Å². The van der Waals surface area contributed by atoms with Crippen molar-refractivity contribution in [3.8, 4) is 0 Å². The third-order valence-electron chi connectivity index (χ3n) is 4.35. The van der Waals surface area contributed by atoms with Crippen molar-refractivity contribution >= 4 is 0 Å². The maximum Gasteiger partial charge on any atom is 0.0826 e. The smallest absolute Gasteiger partial charge is 0.0826 e. The number of nitrogens with one attached hydrogen (secondary N) is 1. The highest BCUT2D eigenvalue weighted by molar-refractivity contribution is 4.78. The fourth-order valence-electron chi connectivity index (χ4n) is 3.18. The standard InChI is InChI=1S/C14H29N3O/c1-15-11-14-12-17(9-10-18-14)8-6-13-5-3-4-7-16(13)2/h13-15H,3-12H2,1-2H3. The van der Waals surface area contributed by atoms with E-state index in [1.54, 1.807) is 0 Å². The van der Waals surface area contributed by atoms with Gasteiger partial charge in [-0.3, -0.25) is 4.90 Å². The maximum atomic E-state index is 5.75. The van der Waals surface area contributed by atoms with Gasteiger partial charge >= 0.3 is 0 Å². The molecule has 2 rings (SSSR count). The van der Waals surface area contributed by atoms with Gasteiger partial charge in [-0.2, -0.15) is 0 Å². The molecular formula is C14H29N3O. The van der Waals surface area contributed by atoms with Crippen molar-refractivity contribution < 1.29 is 4.74 Å². The third-order valence-corrected chi connectivity index (χ3v) is 4.35. The van der Waals surface area contributed by atoms with Crippen molar-refractivity contribution in [2.75, 3.05) is 53.4 Å². The molecule has 0 bridgehead atoms. The van der Waals surface area contributed by atoms with Gasteiger partial charge in [0.2, 0.25) is 0 Å². The first-order valence-corrected chi connectivity index (χ1v) is 7.48. The molecule has 0 aromatic rings. The molecule has 0 saturated carbocycles. The summed E-state index contributed by atoms with van der Waals surface area (Å²) in [5, 5.41) is 3.21. The van der Waals surface area contributed by atoms with Gasteiger partial charge in [-0.15, -0.1) is 0 Å². The van der Waals surface area contributed by atoms with E-state index < -0.39 is 0 Å². The first kappa shape index (κ1) is 14.3. The second-order valence-electron chi connectivity index (χ2n) is 5.77. The summed E-state index contributed by atoms with van der Waals surface area (Å²) >= 11 is 0. The summed E-state index contributed by atoms with van der Waals surface area (Å²) in [6.45, 7) is 6.59. The predicted octanol–water partition coefficient (Wildman–Crippen LogP) is 0.781. The molecule has 0 aliphatic carbocycles. The van der Waals surface area contributed by atoms with Crippen LogP contribution in [-0.4, -0.2) is 75.4 Å². The van der Waals surface area contributed by atoms with Crippen LogP contribution in [0.4, 0.5) is 0 Å². The minimum Gasteiger partial charge on any atom is -0.374 e. The highest BCUT2D eigenvalue weighted by Crippen LogP contribution is 2.18. The van der Waals surface area contributed by atoms with E-state index in [-0.39, 0.29) is 0 Å². The van der Waals surface area contributed by atoms with Crippen LogP contribution >= 0.6 is 0 Å². The van der Waals surface area contributed by atoms with Crippen molar-refractivity contribution in [2.24, 2.45) is 0 Å². The molecule has 0 radical (unpaired) electrons. The quantitative estimate of drug-likeness (QED) is 0.786. The minimum atomic E-state index is 0.382. The third kappa shape index (κ3) is 4.19. The topological polar surface area (TPSA) is 27.7 Å². The van der Waals surface area contributed by atoms with Crippen molar-refractivity contribution in [2.45, 2.75) is 37.8 Å². The zero-order valence-corrected chi connectivity index (χ0v) is 12.0. The average molecular weight is 255 g/mol. The van der Waals surface area contributed by atoms with Gasteiger partial charge in [-0.25, -0.2) is 0 Å². The van der Waals surface area contributed by atoms with Crippen molar-refractivity contribution in [1.29, 1.82) is 0 Å². The molecule has 2 atom stereocenters. The van der Waals surface area contributed by atoms with Crippen LogP contribution in [0.5, 0.6) is 0 Å². The van der Waals surface area contributed by atoms with Crippen LogP contribution in [0.1, 0.15) is 25.7 Å². The van der Waals surface area contributed by atoms with Gasteiger partial charge in [0.1, 0.15) is 0 Å². The van der Waals surface area contributed by atoms with Crippen LogP contribution in [0.2, 0.25) is 0 Å². The Morgan fingerprint density at radius 3 is 2.94 bits per heavy atom. The molecule has 4 heteroatoms. The molecule has 0 aromatic heterocycles. The summed E-state index contributed by atoms with van der Waals surface area (Å²) in [4.78, 5) is 5.13. The number of ether oxygens (including phenoxy) is 1. The number of likely N-dealkylation sites (tertiary alicyclic amines) is 1. The van der Waals surface area contributed by atoms with Crippen LogP contribution in [0.25, 0.3) is 0 Å². The predicted molar refractivity (Wildman–Crippen MR) is 75.0 cm³/mol. The van der Waals surface area contributed by atoms with Gasteiger partial charge in [0.15, 0.2) is 0 Å². The Kier molecular flexibility index (Phi) is 5.89. The summed E-state index contributed by atoms with van der Waals surface area (Å²) in [5.41, 5.74) is 0. The van der Waals surface area contributed by atoms with Crippen LogP contribution in [-0.2, 0) is 4.74 Å². The molecule has 0 spiro atoms. The zero-order chi connectivity index (χ0) is 12.8. The van der Waals surface area contributed by atoms with Gasteiger partial charge in [-0.05, 0) is 46.4 Å². The monoisotopic (exact) mass is 255 g/mol. The van der Waals surface area contributed by atoms with Crippen LogP contribution in [0, 0.1) is 0 Å². The molecule has 0 amide bonds. The summed E-state index contributed by atoms with van der Waals surface area (Å²) < 4.78 is 5.75. The molecule has 2 saturated heterocycles. The molecule has 2 aliphatic rings. The molecule has 0 aromatic carbocycles.